The number of hydrogen-bond acceptors (Lipinski definition) is 4. The van der Waals surface area contributed by atoms with Crippen LogP contribution in [0.2, 0.25) is 0 Å². The Morgan fingerprint density at radius 3 is 1.36 bits per heavy atom. The molecule has 0 aliphatic carbocycles. The van der Waals surface area contributed by atoms with Crippen molar-refractivity contribution in [3.8, 4) is 11.5 Å². The van der Waals surface area contributed by atoms with E-state index in [1.165, 1.54) is 22.3 Å². The van der Waals surface area contributed by atoms with Gasteiger partial charge in [0, 0.05) is 22.2 Å². The summed E-state index contributed by atoms with van der Waals surface area (Å²) in [5.41, 5.74) is 7.23. The van der Waals surface area contributed by atoms with E-state index >= 15 is 0 Å². The zero-order chi connectivity index (χ0) is 32.0. The second-order valence-corrected chi connectivity index (χ2v) is 12.8. The first-order chi connectivity index (χ1) is 21.5. The van der Waals surface area contributed by atoms with Crippen LogP contribution in [0.4, 0.5) is 11.4 Å². The highest BCUT2D eigenvalue weighted by Crippen LogP contribution is 2.33. The zero-order valence-electron chi connectivity index (χ0n) is 26.3. The molecular formula is C39H38N2O2S2. The van der Waals surface area contributed by atoms with Gasteiger partial charge >= 0.3 is 0 Å². The fraction of sp³-hybridized carbons (Fsp3) is 0.179. The maximum Gasteiger partial charge on any atom is 0.266 e. The first kappa shape index (κ1) is 31.9. The normalized spacial score (nSPS) is 11.4. The van der Waals surface area contributed by atoms with Gasteiger partial charge in [-0.3, -0.25) is 0 Å². The van der Waals surface area contributed by atoms with Crippen molar-refractivity contribution in [1.29, 1.82) is 0 Å². The fourth-order valence-corrected chi connectivity index (χ4v) is 5.67. The van der Waals surface area contributed by atoms with Crippen molar-refractivity contribution in [1.82, 2.24) is 0 Å². The first-order valence-corrected chi connectivity index (χ1v) is 15.7. The van der Waals surface area contributed by atoms with E-state index in [0.29, 0.717) is 11.5 Å². The lowest BCUT2D eigenvalue weighted by molar-refractivity contribution is 0.561. The molecule has 4 nitrogen and oxygen atoms in total. The Morgan fingerprint density at radius 2 is 0.911 bits per heavy atom. The second-order valence-electron chi connectivity index (χ2n) is 12.1. The summed E-state index contributed by atoms with van der Waals surface area (Å²) in [5, 5.41) is 6.88. The largest absolute Gasteiger partial charge is 0.432 e. The summed E-state index contributed by atoms with van der Waals surface area (Å²) in [5.74, 6) is 1.33. The molecule has 0 aliphatic heterocycles. The average molecular weight is 631 g/mol. The Labute approximate surface area is 277 Å². The molecule has 0 aliphatic rings. The number of aryl methyl sites for hydroxylation is 1. The molecular weight excluding hydrogens is 593 g/mol. The molecule has 5 aromatic carbocycles. The van der Waals surface area contributed by atoms with E-state index in [0.717, 1.165) is 16.9 Å². The van der Waals surface area contributed by atoms with E-state index in [1.54, 1.807) is 0 Å². The molecule has 0 unspecified atom stereocenters. The molecule has 0 aromatic heterocycles. The third-order valence-electron chi connectivity index (χ3n) is 8.28. The van der Waals surface area contributed by atoms with E-state index in [9.17, 15) is 0 Å². The van der Waals surface area contributed by atoms with Crippen molar-refractivity contribution in [3.63, 3.8) is 0 Å². The van der Waals surface area contributed by atoms with Crippen molar-refractivity contribution < 1.29 is 9.47 Å². The molecule has 0 saturated heterocycles. The van der Waals surface area contributed by atoms with Crippen LogP contribution in [0.15, 0.2) is 127 Å². The van der Waals surface area contributed by atoms with E-state index in [1.807, 2.05) is 61.5 Å². The number of hydrogen-bond donors (Lipinski definition) is 2. The molecule has 0 heterocycles. The summed E-state index contributed by atoms with van der Waals surface area (Å²) < 4.78 is 11.9. The van der Waals surface area contributed by atoms with Gasteiger partial charge in [-0.25, -0.2) is 0 Å². The van der Waals surface area contributed by atoms with Gasteiger partial charge in [0.25, 0.3) is 10.3 Å². The molecule has 0 radical (unpaired) electrons. The van der Waals surface area contributed by atoms with Crippen molar-refractivity contribution in [2.24, 2.45) is 0 Å². The lowest BCUT2D eigenvalue weighted by Gasteiger charge is -2.26. The Morgan fingerprint density at radius 1 is 0.511 bits per heavy atom. The van der Waals surface area contributed by atoms with Gasteiger partial charge in [-0.2, -0.15) is 0 Å². The number of anilines is 2. The van der Waals surface area contributed by atoms with Crippen LogP contribution in [0.5, 0.6) is 11.5 Å². The number of benzene rings is 5. The lowest BCUT2D eigenvalue weighted by Crippen LogP contribution is -2.20. The first-order valence-electron chi connectivity index (χ1n) is 14.9. The Bertz CT molecular complexity index is 1770. The van der Waals surface area contributed by atoms with Crippen LogP contribution in [0, 0.1) is 6.92 Å². The lowest BCUT2D eigenvalue weighted by atomic mass is 9.78. The van der Waals surface area contributed by atoms with E-state index < -0.39 is 0 Å². The third-order valence-corrected chi connectivity index (χ3v) is 8.66. The minimum Gasteiger partial charge on any atom is -0.432 e. The molecule has 45 heavy (non-hydrogen) atoms. The van der Waals surface area contributed by atoms with Crippen molar-refractivity contribution in [3.05, 3.63) is 155 Å². The fourth-order valence-electron chi connectivity index (χ4n) is 5.25. The van der Waals surface area contributed by atoms with Gasteiger partial charge < -0.3 is 20.1 Å². The smallest absolute Gasteiger partial charge is 0.266 e. The summed E-state index contributed by atoms with van der Waals surface area (Å²) >= 11 is 11.1. The molecule has 228 valence electrons. The van der Waals surface area contributed by atoms with Crippen LogP contribution in [0.3, 0.4) is 0 Å². The SMILES string of the molecule is Cc1ccc(NC(=S)Oc2ccc(C(C)(C)c3ccccc3)cc2)cc1NC(=S)Oc1ccc(C(C)(C)c2ccccc2)cc1. The minimum atomic E-state index is -0.129. The van der Waals surface area contributed by atoms with Crippen LogP contribution in [0.1, 0.15) is 55.5 Å². The number of thiocarbonyl (C=S) groups is 2. The van der Waals surface area contributed by atoms with Crippen molar-refractivity contribution in [2.75, 3.05) is 10.6 Å². The number of rotatable bonds is 8. The van der Waals surface area contributed by atoms with Gasteiger partial charge in [0.05, 0.1) is 0 Å². The number of nitrogens with one attached hydrogen (secondary N) is 2. The van der Waals surface area contributed by atoms with Crippen LogP contribution >= 0.6 is 24.4 Å². The maximum absolute atomic E-state index is 5.96. The van der Waals surface area contributed by atoms with E-state index in [2.05, 4.69) is 111 Å². The van der Waals surface area contributed by atoms with Crippen LogP contribution < -0.4 is 20.1 Å². The standard InChI is InChI=1S/C39H38N2O2S2/c1-27-16-21-32(40-36(44)42-33-22-17-30(18-23-33)38(2,3)28-12-8-6-9-13-28)26-35(27)41-37(45)43-34-24-19-31(20-25-34)39(4,5)29-14-10-7-11-15-29/h6-26H,1-5H3,(H,40,44)(H,41,45). The molecule has 0 amide bonds. The molecule has 0 bridgehead atoms. The topological polar surface area (TPSA) is 42.5 Å². The maximum atomic E-state index is 5.96. The highest BCUT2D eigenvalue weighted by Gasteiger charge is 2.24. The average Bonchev–Trinajstić information content (AvgIpc) is 3.04. The Hall–Kier alpha value is -4.52. The van der Waals surface area contributed by atoms with Crippen LogP contribution in [0.25, 0.3) is 0 Å². The van der Waals surface area contributed by atoms with E-state index in [-0.39, 0.29) is 21.2 Å². The molecule has 0 saturated carbocycles. The molecule has 2 N–H and O–H groups in total. The Balaban J connectivity index is 1.18. The minimum absolute atomic E-state index is 0.128. The summed E-state index contributed by atoms with van der Waals surface area (Å²) in [4.78, 5) is 0. The van der Waals surface area contributed by atoms with Gasteiger partial charge in [-0.1, -0.05) is 119 Å². The Kier molecular flexibility index (Phi) is 9.66. The quantitative estimate of drug-likeness (QED) is 0.166. The van der Waals surface area contributed by atoms with Crippen LogP contribution in [-0.2, 0) is 10.8 Å². The summed E-state index contributed by atoms with van der Waals surface area (Å²) in [7, 11) is 0. The van der Waals surface area contributed by atoms with Crippen molar-refractivity contribution >= 4 is 46.2 Å². The van der Waals surface area contributed by atoms with Gasteiger partial charge in [0.1, 0.15) is 11.5 Å². The van der Waals surface area contributed by atoms with Crippen LogP contribution in [-0.4, -0.2) is 10.3 Å². The van der Waals surface area contributed by atoms with Gasteiger partial charge in [-0.05, 0) is 95.6 Å². The molecule has 6 heteroatoms. The third kappa shape index (κ3) is 7.77. The van der Waals surface area contributed by atoms with E-state index in [4.69, 9.17) is 33.9 Å². The van der Waals surface area contributed by atoms with Gasteiger partial charge in [0.2, 0.25) is 0 Å². The van der Waals surface area contributed by atoms with Gasteiger partial charge in [0.15, 0.2) is 0 Å². The molecule has 5 aromatic rings. The molecule has 0 fully saturated rings. The predicted molar refractivity (Wildman–Crippen MR) is 195 cm³/mol. The number of ether oxygens (including phenoxy) is 2. The molecule has 0 spiro atoms. The van der Waals surface area contributed by atoms with Gasteiger partial charge in [-0.15, -0.1) is 0 Å². The highest BCUT2D eigenvalue weighted by molar-refractivity contribution is 7.80. The second kappa shape index (κ2) is 13.6. The predicted octanol–water partition coefficient (Wildman–Crippen LogP) is 10.2. The summed E-state index contributed by atoms with van der Waals surface area (Å²) in [6.07, 6.45) is 0. The summed E-state index contributed by atoms with van der Waals surface area (Å²) in [6, 6.07) is 42.9. The molecule has 5 rings (SSSR count). The zero-order valence-corrected chi connectivity index (χ0v) is 27.9. The molecule has 0 atom stereocenters. The summed E-state index contributed by atoms with van der Waals surface area (Å²) in [6.45, 7) is 10.9. The van der Waals surface area contributed by atoms with Crippen molar-refractivity contribution in [2.45, 2.75) is 45.4 Å². The highest BCUT2D eigenvalue weighted by atomic mass is 32.1. The monoisotopic (exact) mass is 630 g/mol.